The lowest BCUT2D eigenvalue weighted by Gasteiger charge is -2.17. The summed E-state index contributed by atoms with van der Waals surface area (Å²) in [6.07, 6.45) is 0.0867. The molecule has 2 aliphatic heterocycles. The number of nitrogens with one attached hydrogen (secondary N) is 1. The van der Waals surface area contributed by atoms with E-state index in [4.69, 9.17) is 11.6 Å². The molecule has 1 fully saturated rings. The van der Waals surface area contributed by atoms with Crippen LogP contribution in [0.5, 0.6) is 0 Å². The molecule has 0 aromatic heterocycles. The van der Waals surface area contributed by atoms with Crippen LogP contribution in [0.3, 0.4) is 0 Å². The van der Waals surface area contributed by atoms with E-state index in [1.165, 1.54) is 24.1 Å². The summed E-state index contributed by atoms with van der Waals surface area (Å²) in [6.45, 7) is 0.246. The first-order valence-electron chi connectivity index (χ1n) is 8.68. The molecule has 2 heterocycles. The second-order valence-corrected chi connectivity index (χ2v) is 7.24. The van der Waals surface area contributed by atoms with Crippen LogP contribution >= 0.6 is 11.6 Å². The van der Waals surface area contributed by atoms with Gasteiger partial charge in [-0.15, -0.1) is 0 Å². The average Bonchev–Trinajstić information content (AvgIpc) is 3.16. The minimum absolute atomic E-state index is 0.0867. The van der Waals surface area contributed by atoms with Crippen molar-refractivity contribution in [2.45, 2.75) is 6.42 Å². The van der Waals surface area contributed by atoms with Gasteiger partial charge in [0.25, 0.3) is 11.8 Å². The summed E-state index contributed by atoms with van der Waals surface area (Å²) >= 11 is 5.98. The van der Waals surface area contributed by atoms with Crippen molar-refractivity contribution in [3.63, 3.8) is 0 Å². The van der Waals surface area contributed by atoms with Crippen LogP contribution in [0.25, 0.3) is 0 Å². The van der Waals surface area contributed by atoms with Gasteiger partial charge in [0.1, 0.15) is 0 Å². The Morgan fingerprint density at radius 2 is 1.82 bits per heavy atom. The Morgan fingerprint density at radius 1 is 1.07 bits per heavy atom. The Kier molecular flexibility index (Phi) is 4.39. The van der Waals surface area contributed by atoms with E-state index in [0.717, 1.165) is 4.90 Å². The van der Waals surface area contributed by atoms with Gasteiger partial charge in [-0.2, -0.15) is 0 Å². The molecule has 4 amide bonds. The zero-order valence-corrected chi connectivity index (χ0v) is 15.7. The topological polar surface area (TPSA) is 86.8 Å². The Morgan fingerprint density at radius 3 is 2.57 bits per heavy atom. The molecular weight excluding hydrogens is 382 g/mol. The van der Waals surface area contributed by atoms with E-state index in [1.807, 2.05) is 0 Å². The molecule has 0 saturated carbocycles. The lowest BCUT2D eigenvalue weighted by Crippen LogP contribution is -2.28. The minimum Gasteiger partial charge on any atom is -0.326 e. The number of rotatable bonds is 3. The summed E-state index contributed by atoms with van der Waals surface area (Å²) in [5.74, 6) is -1.77. The van der Waals surface area contributed by atoms with Crippen molar-refractivity contribution in [1.29, 1.82) is 0 Å². The second kappa shape index (κ2) is 6.76. The molecule has 0 aliphatic carbocycles. The van der Waals surface area contributed by atoms with Crippen molar-refractivity contribution in [3.05, 3.63) is 58.6 Å². The van der Waals surface area contributed by atoms with Crippen LogP contribution in [0.2, 0.25) is 5.02 Å². The molecule has 2 aromatic carbocycles. The van der Waals surface area contributed by atoms with Gasteiger partial charge in [0.15, 0.2) is 0 Å². The molecule has 0 bridgehead atoms. The van der Waals surface area contributed by atoms with Gasteiger partial charge >= 0.3 is 0 Å². The van der Waals surface area contributed by atoms with Gasteiger partial charge in [-0.05, 0) is 36.4 Å². The maximum absolute atomic E-state index is 12.6. The van der Waals surface area contributed by atoms with Crippen LogP contribution < -0.4 is 10.2 Å². The third-order valence-electron chi connectivity index (χ3n) is 4.97. The van der Waals surface area contributed by atoms with Crippen molar-refractivity contribution >= 4 is 46.6 Å². The van der Waals surface area contributed by atoms with E-state index in [9.17, 15) is 19.2 Å². The van der Waals surface area contributed by atoms with Gasteiger partial charge in [-0.3, -0.25) is 24.1 Å². The summed E-state index contributed by atoms with van der Waals surface area (Å²) in [5.41, 5.74) is 1.63. The molecule has 1 N–H and O–H groups in total. The third kappa shape index (κ3) is 3.03. The zero-order chi connectivity index (χ0) is 20.0. The summed E-state index contributed by atoms with van der Waals surface area (Å²) in [4.78, 5) is 51.6. The number of amides is 4. The number of carbonyl (C=O) groups is 4. The largest absolute Gasteiger partial charge is 0.326 e. The Balaban J connectivity index is 1.49. The molecule has 2 aromatic rings. The molecule has 28 heavy (non-hydrogen) atoms. The van der Waals surface area contributed by atoms with Crippen LogP contribution in [0.1, 0.15) is 27.1 Å². The standard InChI is InChI=1S/C20H16ClN3O4/c1-23-19(27)15-6-5-13(9-16(15)20(23)28)22-18(26)11-7-17(25)24(10-11)14-4-2-3-12(21)8-14/h2-6,8-9,11H,7,10H2,1H3,(H,22,26)/t11-/m0/s1. The smallest absolute Gasteiger partial charge is 0.261 e. The lowest BCUT2D eigenvalue weighted by molar-refractivity contribution is -0.122. The van der Waals surface area contributed by atoms with E-state index in [1.54, 1.807) is 30.3 Å². The predicted octanol–water partition coefficient (Wildman–Crippen LogP) is 2.56. The predicted molar refractivity (Wildman–Crippen MR) is 103 cm³/mol. The van der Waals surface area contributed by atoms with Crippen LogP contribution in [0, 0.1) is 5.92 Å². The molecule has 142 valence electrons. The first-order valence-corrected chi connectivity index (χ1v) is 9.06. The normalized spacial score (nSPS) is 18.6. The number of hydrogen-bond acceptors (Lipinski definition) is 4. The highest BCUT2D eigenvalue weighted by Gasteiger charge is 2.36. The third-order valence-corrected chi connectivity index (χ3v) is 5.21. The molecule has 8 heteroatoms. The summed E-state index contributed by atoms with van der Waals surface area (Å²) in [7, 11) is 1.41. The van der Waals surface area contributed by atoms with Gasteiger partial charge < -0.3 is 10.2 Å². The fraction of sp³-hybridized carbons (Fsp3) is 0.200. The average molecular weight is 398 g/mol. The van der Waals surface area contributed by atoms with Crippen molar-refractivity contribution in [2.24, 2.45) is 5.92 Å². The molecule has 1 atom stereocenters. The number of fused-ring (bicyclic) bond motifs is 1. The van der Waals surface area contributed by atoms with Gasteiger partial charge in [0, 0.05) is 36.4 Å². The van der Waals surface area contributed by atoms with E-state index < -0.39 is 11.8 Å². The maximum atomic E-state index is 12.6. The summed E-state index contributed by atoms with van der Waals surface area (Å²) < 4.78 is 0. The monoisotopic (exact) mass is 397 g/mol. The number of nitrogens with zero attached hydrogens (tertiary/aromatic N) is 2. The highest BCUT2D eigenvalue weighted by molar-refractivity contribution is 6.31. The molecule has 4 rings (SSSR count). The Labute approximate surface area is 165 Å². The maximum Gasteiger partial charge on any atom is 0.261 e. The second-order valence-electron chi connectivity index (χ2n) is 6.80. The van der Waals surface area contributed by atoms with E-state index >= 15 is 0 Å². The lowest BCUT2D eigenvalue weighted by atomic mass is 10.1. The number of halogens is 1. The number of hydrogen-bond donors (Lipinski definition) is 1. The number of benzene rings is 2. The molecule has 7 nitrogen and oxygen atoms in total. The van der Waals surface area contributed by atoms with E-state index in [2.05, 4.69) is 5.32 Å². The van der Waals surface area contributed by atoms with Crippen LogP contribution in [0.15, 0.2) is 42.5 Å². The fourth-order valence-electron chi connectivity index (χ4n) is 3.46. The number of imide groups is 1. The van der Waals surface area contributed by atoms with Crippen LogP contribution in [0.4, 0.5) is 11.4 Å². The first kappa shape index (κ1) is 18.2. The molecule has 0 radical (unpaired) electrons. The van der Waals surface area contributed by atoms with E-state index in [-0.39, 0.29) is 36.3 Å². The first-order chi connectivity index (χ1) is 13.3. The molecule has 0 spiro atoms. The van der Waals surface area contributed by atoms with Gasteiger partial charge in [0.05, 0.1) is 17.0 Å². The summed E-state index contributed by atoms with van der Waals surface area (Å²) in [6, 6.07) is 11.5. The molecule has 2 aliphatic rings. The van der Waals surface area contributed by atoms with Crippen LogP contribution in [-0.2, 0) is 9.59 Å². The summed E-state index contributed by atoms with van der Waals surface area (Å²) in [5, 5.41) is 3.26. The fourth-order valence-corrected chi connectivity index (χ4v) is 3.64. The molecular formula is C20H16ClN3O4. The Bertz CT molecular complexity index is 1040. The van der Waals surface area contributed by atoms with Gasteiger partial charge in [-0.1, -0.05) is 17.7 Å². The highest BCUT2D eigenvalue weighted by Crippen LogP contribution is 2.29. The van der Waals surface area contributed by atoms with Crippen LogP contribution in [-0.4, -0.2) is 42.1 Å². The minimum atomic E-state index is -0.528. The van der Waals surface area contributed by atoms with Gasteiger partial charge in [-0.25, -0.2) is 0 Å². The van der Waals surface area contributed by atoms with Crippen molar-refractivity contribution in [3.8, 4) is 0 Å². The zero-order valence-electron chi connectivity index (χ0n) is 14.9. The molecule has 0 unspecified atom stereocenters. The SMILES string of the molecule is CN1C(=O)c2ccc(NC(=O)[C@H]3CC(=O)N(c4cccc(Cl)c4)C3)cc2C1=O. The van der Waals surface area contributed by atoms with Crippen molar-refractivity contribution in [1.82, 2.24) is 4.90 Å². The molecule has 1 saturated heterocycles. The number of carbonyl (C=O) groups excluding carboxylic acids is 4. The number of anilines is 2. The Hall–Kier alpha value is -3.19. The van der Waals surface area contributed by atoms with Crippen molar-refractivity contribution < 1.29 is 19.2 Å². The van der Waals surface area contributed by atoms with Crippen molar-refractivity contribution in [2.75, 3.05) is 23.8 Å². The highest BCUT2D eigenvalue weighted by atomic mass is 35.5. The quantitative estimate of drug-likeness (QED) is 0.806. The van der Waals surface area contributed by atoms with Gasteiger partial charge in [0.2, 0.25) is 11.8 Å². The van der Waals surface area contributed by atoms with E-state index in [0.29, 0.717) is 22.0 Å².